The van der Waals surface area contributed by atoms with Crippen molar-refractivity contribution in [2.45, 2.75) is 26.9 Å². The van der Waals surface area contributed by atoms with Crippen molar-refractivity contribution in [3.8, 4) is 5.75 Å². The van der Waals surface area contributed by atoms with Crippen molar-refractivity contribution in [3.63, 3.8) is 0 Å². The SMILES string of the molecule is CNCC(O)c1c(C)cc(O)c(C)c1C. The summed E-state index contributed by atoms with van der Waals surface area (Å²) >= 11 is 0. The molecule has 3 N–H and O–H groups in total. The molecule has 0 amide bonds. The van der Waals surface area contributed by atoms with Gasteiger partial charge in [-0.25, -0.2) is 0 Å². The topological polar surface area (TPSA) is 52.5 Å². The minimum Gasteiger partial charge on any atom is -0.508 e. The molecule has 0 bridgehead atoms. The van der Waals surface area contributed by atoms with Gasteiger partial charge in [-0.1, -0.05) is 0 Å². The number of rotatable bonds is 3. The first-order valence-electron chi connectivity index (χ1n) is 5.11. The van der Waals surface area contributed by atoms with Crippen LogP contribution in [0, 0.1) is 20.8 Å². The van der Waals surface area contributed by atoms with Crippen LogP contribution in [0.5, 0.6) is 5.75 Å². The van der Waals surface area contributed by atoms with Crippen LogP contribution in [-0.2, 0) is 0 Å². The zero-order valence-electron chi connectivity index (χ0n) is 9.76. The predicted molar refractivity (Wildman–Crippen MR) is 61.2 cm³/mol. The normalized spacial score (nSPS) is 12.9. The van der Waals surface area contributed by atoms with Crippen molar-refractivity contribution in [2.24, 2.45) is 0 Å². The smallest absolute Gasteiger partial charge is 0.119 e. The molecule has 0 radical (unpaired) electrons. The second-order valence-electron chi connectivity index (χ2n) is 3.95. The summed E-state index contributed by atoms with van der Waals surface area (Å²) in [6, 6.07) is 1.70. The third-order valence-electron chi connectivity index (χ3n) is 2.86. The van der Waals surface area contributed by atoms with Crippen molar-refractivity contribution in [1.82, 2.24) is 5.32 Å². The molecule has 0 fully saturated rings. The number of phenols is 1. The largest absolute Gasteiger partial charge is 0.508 e. The van der Waals surface area contributed by atoms with Crippen molar-refractivity contribution in [3.05, 3.63) is 28.3 Å². The first-order chi connectivity index (χ1) is 6.99. The van der Waals surface area contributed by atoms with Crippen molar-refractivity contribution < 1.29 is 10.2 Å². The molecule has 0 aliphatic rings. The van der Waals surface area contributed by atoms with Crippen LogP contribution in [0.2, 0.25) is 0 Å². The van der Waals surface area contributed by atoms with Gasteiger partial charge in [-0.2, -0.15) is 0 Å². The van der Waals surface area contributed by atoms with Crippen molar-refractivity contribution in [1.29, 1.82) is 0 Å². The van der Waals surface area contributed by atoms with E-state index in [2.05, 4.69) is 5.32 Å². The molecule has 1 atom stereocenters. The monoisotopic (exact) mass is 209 g/mol. The van der Waals surface area contributed by atoms with Gasteiger partial charge in [0, 0.05) is 6.54 Å². The predicted octanol–water partition coefficient (Wildman–Crippen LogP) is 1.57. The van der Waals surface area contributed by atoms with Gasteiger partial charge in [0.05, 0.1) is 6.10 Å². The summed E-state index contributed by atoms with van der Waals surface area (Å²) in [7, 11) is 1.81. The van der Waals surface area contributed by atoms with Crippen LogP contribution in [-0.4, -0.2) is 23.8 Å². The summed E-state index contributed by atoms with van der Waals surface area (Å²) in [5.41, 5.74) is 3.65. The lowest BCUT2D eigenvalue weighted by Gasteiger charge is -2.18. The Labute approximate surface area is 90.8 Å². The standard InChI is InChI=1S/C12H19NO2/c1-7-5-10(14)8(2)9(3)12(7)11(15)6-13-4/h5,11,13-15H,6H2,1-4H3. The Hall–Kier alpha value is -1.06. The number of likely N-dealkylation sites (N-methyl/N-ethyl adjacent to an activating group) is 1. The van der Waals surface area contributed by atoms with Gasteiger partial charge in [0.25, 0.3) is 0 Å². The van der Waals surface area contributed by atoms with E-state index in [0.29, 0.717) is 12.3 Å². The highest BCUT2D eigenvalue weighted by Crippen LogP contribution is 2.30. The molecule has 1 unspecified atom stereocenters. The van der Waals surface area contributed by atoms with Crippen molar-refractivity contribution in [2.75, 3.05) is 13.6 Å². The number of hydrogen-bond acceptors (Lipinski definition) is 3. The maximum atomic E-state index is 9.95. The first-order valence-corrected chi connectivity index (χ1v) is 5.11. The molecule has 15 heavy (non-hydrogen) atoms. The minimum absolute atomic E-state index is 0.297. The van der Waals surface area contributed by atoms with Gasteiger partial charge >= 0.3 is 0 Å². The van der Waals surface area contributed by atoms with E-state index in [1.807, 2.05) is 20.8 Å². The maximum Gasteiger partial charge on any atom is 0.119 e. The fourth-order valence-corrected chi connectivity index (χ4v) is 1.89. The van der Waals surface area contributed by atoms with E-state index in [1.54, 1.807) is 13.1 Å². The molecule has 0 aliphatic heterocycles. The molecule has 0 heterocycles. The lowest BCUT2D eigenvalue weighted by molar-refractivity contribution is 0.176. The van der Waals surface area contributed by atoms with Crippen LogP contribution in [0.15, 0.2) is 6.07 Å². The number of aromatic hydroxyl groups is 1. The molecule has 0 saturated heterocycles. The number of aliphatic hydroxyl groups is 1. The molecular formula is C12H19NO2. The summed E-state index contributed by atoms with van der Waals surface area (Å²) < 4.78 is 0. The molecule has 1 aromatic carbocycles. The van der Waals surface area contributed by atoms with E-state index in [-0.39, 0.29) is 0 Å². The average molecular weight is 209 g/mol. The van der Waals surface area contributed by atoms with Gasteiger partial charge in [-0.05, 0) is 56.1 Å². The highest BCUT2D eigenvalue weighted by molar-refractivity contribution is 5.48. The number of nitrogens with one attached hydrogen (secondary N) is 1. The Morgan fingerprint density at radius 2 is 1.87 bits per heavy atom. The lowest BCUT2D eigenvalue weighted by Crippen LogP contribution is -2.18. The Morgan fingerprint density at radius 3 is 2.40 bits per heavy atom. The average Bonchev–Trinajstić information content (AvgIpc) is 2.15. The molecule has 0 spiro atoms. The summed E-state index contributed by atoms with van der Waals surface area (Å²) in [6.07, 6.45) is -0.519. The van der Waals surface area contributed by atoms with Gasteiger partial charge in [-0.3, -0.25) is 0 Å². The maximum absolute atomic E-state index is 9.95. The van der Waals surface area contributed by atoms with E-state index in [4.69, 9.17) is 0 Å². The fraction of sp³-hybridized carbons (Fsp3) is 0.500. The molecule has 0 aromatic heterocycles. The highest BCUT2D eigenvalue weighted by atomic mass is 16.3. The Kier molecular flexibility index (Phi) is 3.72. The second kappa shape index (κ2) is 4.64. The zero-order chi connectivity index (χ0) is 11.6. The molecule has 0 saturated carbocycles. The van der Waals surface area contributed by atoms with Crippen LogP contribution >= 0.6 is 0 Å². The van der Waals surface area contributed by atoms with E-state index >= 15 is 0 Å². The molecule has 0 aliphatic carbocycles. The number of hydrogen-bond donors (Lipinski definition) is 3. The summed E-state index contributed by atoms with van der Waals surface area (Å²) in [4.78, 5) is 0. The molecular weight excluding hydrogens is 190 g/mol. The van der Waals surface area contributed by atoms with Crippen LogP contribution in [0.3, 0.4) is 0 Å². The van der Waals surface area contributed by atoms with Crippen LogP contribution in [0.25, 0.3) is 0 Å². The molecule has 1 aromatic rings. The van der Waals surface area contributed by atoms with E-state index in [0.717, 1.165) is 22.3 Å². The fourth-order valence-electron chi connectivity index (χ4n) is 1.89. The molecule has 84 valence electrons. The Morgan fingerprint density at radius 1 is 1.27 bits per heavy atom. The second-order valence-corrected chi connectivity index (χ2v) is 3.95. The zero-order valence-corrected chi connectivity index (χ0v) is 9.76. The highest BCUT2D eigenvalue weighted by Gasteiger charge is 2.15. The van der Waals surface area contributed by atoms with Gasteiger partial charge in [0.1, 0.15) is 5.75 Å². The molecule has 3 heteroatoms. The third-order valence-corrected chi connectivity index (χ3v) is 2.86. The quantitative estimate of drug-likeness (QED) is 0.708. The number of aryl methyl sites for hydroxylation is 1. The Balaban J connectivity index is 3.23. The molecule has 1 rings (SSSR count). The first kappa shape index (κ1) is 12.0. The summed E-state index contributed by atoms with van der Waals surface area (Å²) in [6.45, 7) is 6.21. The number of phenolic OH excluding ortho intramolecular Hbond substituents is 1. The van der Waals surface area contributed by atoms with Crippen LogP contribution < -0.4 is 5.32 Å². The lowest BCUT2D eigenvalue weighted by atomic mass is 9.93. The molecule has 3 nitrogen and oxygen atoms in total. The van der Waals surface area contributed by atoms with Crippen LogP contribution in [0.1, 0.15) is 28.4 Å². The summed E-state index contributed by atoms with van der Waals surface area (Å²) in [5, 5.41) is 22.5. The van der Waals surface area contributed by atoms with E-state index < -0.39 is 6.10 Å². The van der Waals surface area contributed by atoms with Crippen molar-refractivity contribution >= 4 is 0 Å². The van der Waals surface area contributed by atoms with Crippen LogP contribution in [0.4, 0.5) is 0 Å². The van der Waals surface area contributed by atoms with Gasteiger partial charge < -0.3 is 15.5 Å². The van der Waals surface area contributed by atoms with Gasteiger partial charge in [0.15, 0.2) is 0 Å². The third kappa shape index (κ3) is 2.30. The number of aliphatic hydroxyl groups excluding tert-OH is 1. The summed E-state index contributed by atoms with van der Waals surface area (Å²) in [5.74, 6) is 0.297. The van der Waals surface area contributed by atoms with E-state index in [1.165, 1.54) is 0 Å². The number of benzene rings is 1. The van der Waals surface area contributed by atoms with E-state index in [9.17, 15) is 10.2 Å². The van der Waals surface area contributed by atoms with Gasteiger partial charge in [0.2, 0.25) is 0 Å². The Bertz CT molecular complexity index is 361. The van der Waals surface area contributed by atoms with Gasteiger partial charge in [-0.15, -0.1) is 0 Å². The minimum atomic E-state index is -0.519.